The van der Waals surface area contributed by atoms with Crippen molar-refractivity contribution in [2.45, 2.75) is 6.61 Å². The van der Waals surface area contributed by atoms with Gasteiger partial charge in [0.15, 0.2) is 0 Å². The minimum Gasteiger partial charge on any atom is -0.489 e. The molecule has 19 heavy (non-hydrogen) atoms. The molecule has 2 aromatic rings. The van der Waals surface area contributed by atoms with E-state index in [4.69, 9.17) is 27.9 Å². The number of nitrogens with zero attached hydrogens (tertiary/aromatic N) is 2. The molecule has 0 aliphatic carbocycles. The van der Waals surface area contributed by atoms with Gasteiger partial charge in [0.1, 0.15) is 22.7 Å². The summed E-state index contributed by atoms with van der Waals surface area (Å²) < 4.78 is 5.43. The zero-order valence-corrected chi connectivity index (χ0v) is 11.1. The Bertz CT molecular complexity index is 620. The Balaban J connectivity index is 2.10. The van der Waals surface area contributed by atoms with Crippen molar-refractivity contribution in [1.82, 2.24) is 4.98 Å². The highest BCUT2D eigenvalue weighted by Gasteiger charge is 2.08. The number of hydrogen-bond acceptors (Lipinski definition) is 4. The fourth-order valence-corrected chi connectivity index (χ4v) is 1.80. The maximum atomic E-state index is 10.6. The third kappa shape index (κ3) is 3.56. The number of halogens is 2. The Morgan fingerprint density at radius 2 is 2.05 bits per heavy atom. The number of non-ortho nitro benzene ring substituents is 1. The Hall–Kier alpha value is -1.85. The molecular formula is C12H8Cl2N2O3. The Kier molecular flexibility index (Phi) is 4.19. The summed E-state index contributed by atoms with van der Waals surface area (Å²) in [7, 11) is 0. The van der Waals surface area contributed by atoms with Gasteiger partial charge >= 0.3 is 0 Å². The van der Waals surface area contributed by atoms with Crippen LogP contribution in [-0.4, -0.2) is 9.91 Å². The van der Waals surface area contributed by atoms with Gasteiger partial charge in [-0.3, -0.25) is 10.1 Å². The van der Waals surface area contributed by atoms with Gasteiger partial charge in [0, 0.05) is 11.6 Å². The van der Waals surface area contributed by atoms with Crippen molar-refractivity contribution in [2.24, 2.45) is 0 Å². The predicted molar refractivity (Wildman–Crippen MR) is 71.7 cm³/mol. The van der Waals surface area contributed by atoms with Gasteiger partial charge in [-0.25, -0.2) is 4.98 Å². The number of nitro benzene ring substituents is 1. The summed E-state index contributed by atoms with van der Waals surface area (Å²) in [6.07, 6.45) is 0. The molecule has 0 atom stereocenters. The van der Waals surface area contributed by atoms with Crippen molar-refractivity contribution < 1.29 is 9.66 Å². The second kappa shape index (κ2) is 5.86. The normalized spacial score (nSPS) is 10.2. The fraction of sp³-hybridized carbons (Fsp3) is 0.0833. The van der Waals surface area contributed by atoms with Gasteiger partial charge in [-0.15, -0.1) is 0 Å². The lowest BCUT2D eigenvalue weighted by Gasteiger charge is -2.07. The minimum atomic E-state index is -0.482. The summed E-state index contributed by atoms with van der Waals surface area (Å²) in [4.78, 5) is 14.0. The lowest BCUT2D eigenvalue weighted by molar-refractivity contribution is -0.384. The van der Waals surface area contributed by atoms with E-state index < -0.39 is 4.92 Å². The number of aromatic nitrogens is 1. The van der Waals surface area contributed by atoms with E-state index in [1.54, 1.807) is 24.3 Å². The molecular weight excluding hydrogens is 291 g/mol. The summed E-state index contributed by atoms with van der Waals surface area (Å²) >= 11 is 11.6. The first-order valence-electron chi connectivity index (χ1n) is 5.24. The second-order valence-corrected chi connectivity index (χ2v) is 4.37. The lowest BCUT2D eigenvalue weighted by atomic mass is 10.3. The summed E-state index contributed by atoms with van der Waals surface area (Å²) in [5.74, 6) is 0.389. The number of benzene rings is 1. The Morgan fingerprint density at radius 3 is 2.74 bits per heavy atom. The molecule has 98 valence electrons. The predicted octanol–water partition coefficient (Wildman–Crippen LogP) is 3.88. The van der Waals surface area contributed by atoms with E-state index in [2.05, 4.69) is 4.98 Å². The van der Waals surface area contributed by atoms with E-state index in [0.717, 1.165) is 0 Å². The molecule has 0 N–H and O–H groups in total. The molecule has 0 saturated heterocycles. The summed E-state index contributed by atoms with van der Waals surface area (Å²) in [5.41, 5.74) is 0.621. The molecule has 2 rings (SSSR count). The van der Waals surface area contributed by atoms with Gasteiger partial charge in [-0.1, -0.05) is 29.3 Å². The SMILES string of the molecule is O=[N+]([O-])c1cccc(OCc2ccc(Cl)nc2Cl)c1. The number of pyridine rings is 1. The molecule has 7 heteroatoms. The molecule has 1 aromatic carbocycles. The summed E-state index contributed by atoms with van der Waals surface area (Å²) in [6.45, 7) is 0.157. The zero-order valence-electron chi connectivity index (χ0n) is 9.55. The lowest BCUT2D eigenvalue weighted by Crippen LogP contribution is -1.98. The molecule has 0 bridgehead atoms. The van der Waals surface area contributed by atoms with Crippen molar-refractivity contribution in [2.75, 3.05) is 0 Å². The van der Waals surface area contributed by atoms with Crippen molar-refractivity contribution in [1.29, 1.82) is 0 Å². The van der Waals surface area contributed by atoms with E-state index in [1.165, 1.54) is 12.1 Å². The summed E-state index contributed by atoms with van der Waals surface area (Å²) in [6, 6.07) is 9.20. The zero-order chi connectivity index (χ0) is 13.8. The van der Waals surface area contributed by atoms with Gasteiger partial charge in [0.25, 0.3) is 5.69 Å². The number of nitro groups is 1. The molecule has 5 nitrogen and oxygen atoms in total. The van der Waals surface area contributed by atoms with E-state index in [0.29, 0.717) is 16.5 Å². The second-order valence-electron chi connectivity index (χ2n) is 3.63. The number of ether oxygens (including phenoxy) is 1. The minimum absolute atomic E-state index is 0.0298. The van der Waals surface area contributed by atoms with Crippen LogP contribution >= 0.6 is 23.2 Å². The van der Waals surface area contributed by atoms with E-state index in [-0.39, 0.29) is 17.4 Å². The summed E-state index contributed by atoms with van der Waals surface area (Å²) in [5, 5.41) is 11.2. The van der Waals surface area contributed by atoms with Crippen LogP contribution < -0.4 is 4.74 Å². The van der Waals surface area contributed by atoms with Crippen molar-refractivity contribution in [3.8, 4) is 5.75 Å². The average Bonchev–Trinajstić information content (AvgIpc) is 2.38. The highest BCUT2D eigenvalue weighted by Crippen LogP contribution is 2.22. The monoisotopic (exact) mass is 298 g/mol. The third-order valence-corrected chi connectivity index (χ3v) is 2.85. The van der Waals surface area contributed by atoms with Gasteiger partial charge in [-0.2, -0.15) is 0 Å². The van der Waals surface area contributed by atoms with Gasteiger partial charge in [0.05, 0.1) is 11.0 Å². The van der Waals surface area contributed by atoms with Crippen LogP contribution in [0.3, 0.4) is 0 Å². The maximum absolute atomic E-state index is 10.6. The Morgan fingerprint density at radius 1 is 1.26 bits per heavy atom. The van der Waals surface area contributed by atoms with Crippen LogP contribution in [0, 0.1) is 10.1 Å². The van der Waals surface area contributed by atoms with Crippen molar-refractivity contribution in [3.63, 3.8) is 0 Å². The Labute approximate surface area is 118 Å². The topological polar surface area (TPSA) is 65.3 Å². The third-order valence-electron chi connectivity index (χ3n) is 2.31. The molecule has 0 amide bonds. The van der Waals surface area contributed by atoms with Gasteiger partial charge in [0.2, 0.25) is 0 Å². The van der Waals surface area contributed by atoms with Crippen LogP contribution in [-0.2, 0) is 6.61 Å². The fourth-order valence-electron chi connectivity index (χ4n) is 1.40. The maximum Gasteiger partial charge on any atom is 0.273 e. The molecule has 1 heterocycles. The van der Waals surface area contributed by atoms with E-state index in [9.17, 15) is 10.1 Å². The highest BCUT2D eigenvalue weighted by atomic mass is 35.5. The quantitative estimate of drug-likeness (QED) is 0.488. The number of rotatable bonds is 4. The first kappa shape index (κ1) is 13.6. The largest absolute Gasteiger partial charge is 0.489 e. The van der Waals surface area contributed by atoms with Crippen LogP contribution in [0.2, 0.25) is 10.3 Å². The van der Waals surface area contributed by atoms with Crippen molar-refractivity contribution in [3.05, 3.63) is 62.4 Å². The highest BCUT2D eigenvalue weighted by molar-refractivity contribution is 6.32. The van der Waals surface area contributed by atoms with Gasteiger partial charge < -0.3 is 4.74 Å². The van der Waals surface area contributed by atoms with E-state index in [1.807, 2.05) is 0 Å². The van der Waals surface area contributed by atoms with E-state index >= 15 is 0 Å². The number of hydrogen-bond donors (Lipinski definition) is 0. The molecule has 0 radical (unpaired) electrons. The smallest absolute Gasteiger partial charge is 0.273 e. The molecule has 0 aliphatic rings. The molecule has 0 fully saturated rings. The average molecular weight is 299 g/mol. The first-order chi connectivity index (χ1) is 9.06. The van der Waals surface area contributed by atoms with Crippen LogP contribution in [0.4, 0.5) is 5.69 Å². The van der Waals surface area contributed by atoms with Crippen LogP contribution in [0.25, 0.3) is 0 Å². The standard InChI is InChI=1S/C12H8Cl2N2O3/c13-11-5-4-8(12(14)15-11)7-19-10-3-1-2-9(6-10)16(17)18/h1-6H,7H2. The molecule has 0 spiro atoms. The van der Waals surface area contributed by atoms with Crippen LogP contribution in [0.1, 0.15) is 5.56 Å². The first-order valence-corrected chi connectivity index (χ1v) is 6.00. The molecule has 0 saturated carbocycles. The van der Waals surface area contributed by atoms with Crippen LogP contribution in [0.5, 0.6) is 5.75 Å². The molecule has 0 aliphatic heterocycles. The molecule has 1 aromatic heterocycles. The van der Waals surface area contributed by atoms with Crippen molar-refractivity contribution >= 4 is 28.9 Å². The van der Waals surface area contributed by atoms with Gasteiger partial charge in [-0.05, 0) is 18.2 Å². The molecule has 0 unspecified atom stereocenters. The van der Waals surface area contributed by atoms with Crippen LogP contribution in [0.15, 0.2) is 36.4 Å².